The van der Waals surface area contributed by atoms with Crippen molar-refractivity contribution in [3.8, 4) is 0 Å². The summed E-state index contributed by atoms with van der Waals surface area (Å²) in [6.07, 6.45) is 3.41. The summed E-state index contributed by atoms with van der Waals surface area (Å²) in [5.41, 5.74) is 2.82. The molecule has 0 spiro atoms. The molecule has 0 aliphatic carbocycles. The third-order valence-electron chi connectivity index (χ3n) is 2.73. The number of nitrogens with one attached hydrogen (secondary N) is 1. The standard InChI is InChI=1S/C14H23NOS/c1-5-13(10-15-6-7-16-4)9-14-8-11(2)17-12(14)3/h8-9,15H,5-7,10H2,1-4H3. The van der Waals surface area contributed by atoms with Gasteiger partial charge in [0.2, 0.25) is 0 Å². The maximum Gasteiger partial charge on any atom is 0.0587 e. The lowest BCUT2D eigenvalue weighted by atomic mass is 10.1. The van der Waals surface area contributed by atoms with Crippen LogP contribution in [-0.4, -0.2) is 26.8 Å². The average Bonchev–Trinajstić information content (AvgIpc) is 2.61. The zero-order chi connectivity index (χ0) is 12.7. The van der Waals surface area contributed by atoms with E-state index in [9.17, 15) is 0 Å². The van der Waals surface area contributed by atoms with Crippen LogP contribution in [0.4, 0.5) is 0 Å². The number of hydrogen-bond acceptors (Lipinski definition) is 3. The second kappa shape index (κ2) is 7.64. The summed E-state index contributed by atoms with van der Waals surface area (Å²) in [4.78, 5) is 2.79. The minimum atomic E-state index is 0.771. The SMILES string of the molecule is CCC(=Cc1cc(C)sc1C)CNCCOC. The molecule has 0 aromatic carbocycles. The van der Waals surface area contributed by atoms with Crippen molar-refractivity contribution in [2.45, 2.75) is 27.2 Å². The van der Waals surface area contributed by atoms with E-state index in [0.717, 1.165) is 26.1 Å². The Kier molecular flexibility index (Phi) is 6.48. The smallest absolute Gasteiger partial charge is 0.0587 e. The molecular formula is C14H23NOS. The molecule has 0 aliphatic heterocycles. The molecule has 0 aliphatic rings. The van der Waals surface area contributed by atoms with Crippen LogP contribution >= 0.6 is 11.3 Å². The molecule has 1 aromatic rings. The van der Waals surface area contributed by atoms with Crippen molar-refractivity contribution in [3.63, 3.8) is 0 Å². The molecule has 0 saturated heterocycles. The summed E-state index contributed by atoms with van der Waals surface area (Å²) < 4.78 is 5.02. The molecule has 0 bridgehead atoms. The molecule has 0 unspecified atom stereocenters. The lowest BCUT2D eigenvalue weighted by Gasteiger charge is -2.07. The molecule has 1 aromatic heterocycles. The van der Waals surface area contributed by atoms with Gasteiger partial charge in [-0.15, -0.1) is 11.3 Å². The number of thiophene rings is 1. The van der Waals surface area contributed by atoms with Gasteiger partial charge in [0.15, 0.2) is 0 Å². The summed E-state index contributed by atoms with van der Waals surface area (Å²) in [6.45, 7) is 9.20. The van der Waals surface area contributed by atoms with Crippen LogP contribution < -0.4 is 5.32 Å². The molecule has 0 saturated carbocycles. The number of methoxy groups -OCH3 is 1. The van der Waals surface area contributed by atoms with Crippen LogP contribution in [0.25, 0.3) is 6.08 Å². The fourth-order valence-electron chi connectivity index (χ4n) is 1.71. The summed E-state index contributed by atoms with van der Waals surface area (Å²) in [7, 11) is 1.73. The number of hydrogen-bond donors (Lipinski definition) is 1. The van der Waals surface area contributed by atoms with E-state index in [1.165, 1.54) is 20.9 Å². The highest BCUT2D eigenvalue weighted by atomic mass is 32.1. The van der Waals surface area contributed by atoms with Crippen LogP contribution in [0.5, 0.6) is 0 Å². The van der Waals surface area contributed by atoms with Gasteiger partial charge in [-0.1, -0.05) is 18.6 Å². The third-order valence-corrected chi connectivity index (χ3v) is 3.71. The zero-order valence-corrected chi connectivity index (χ0v) is 12.1. The van der Waals surface area contributed by atoms with Gasteiger partial charge in [0, 0.05) is 30.0 Å². The van der Waals surface area contributed by atoms with Gasteiger partial charge in [-0.05, 0) is 31.9 Å². The Bertz CT molecular complexity index is 368. The van der Waals surface area contributed by atoms with E-state index >= 15 is 0 Å². The van der Waals surface area contributed by atoms with Crippen LogP contribution in [0, 0.1) is 13.8 Å². The highest BCUT2D eigenvalue weighted by molar-refractivity contribution is 7.12. The minimum absolute atomic E-state index is 0.771. The van der Waals surface area contributed by atoms with Crippen molar-refractivity contribution in [3.05, 3.63) is 27.0 Å². The molecule has 3 heteroatoms. The Morgan fingerprint density at radius 1 is 1.47 bits per heavy atom. The van der Waals surface area contributed by atoms with Crippen molar-refractivity contribution >= 4 is 17.4 Å². The Balaban J connectivity index is 2.57. The van der Waals surface area contributed by atoms with Crippen molar-refractivity contribution < 1.29 is 4.74 Å². The van der Waals surface area contributed by atoms with Crippen molar-refractivity contribution in [1.82, 2.24) is 5.32 Å². The first-order chi connectivity index (χ1) is 8.17. The van der Waals surface area contributed by atoms with Gasteiger partial charge in [-0.25, -0.2) is 0 Å². The second-order valence-electron chi connectivity index (χ2n) is 4.19. The number of rotatable bonds is 7. The van der Waals surface area contributed by atoms with Crippen LogP contribution in [0.2, 0.25) is 0 Å². The van der Waals surface area contributed by atoms with Crippen molar-refractivity contribution in [2.75, 3.05) is 26.8 Å². The maximum absolute atomic E-state index is 5.02. The molecule has 1 rings (SSSR count). The molecule has 17 heavy (non-hydrogen) atoms. The Morgan fingerprint density at radius 2 is 2.24 bits per heavy atom. The first-order valence-corrected chi connectivity index (χ1v) is 6.95. The largest absolute Gasteiger partial charge is 0.383 e. The molecule has 2 nitrogen and oxygen atoms in total. The molecule has 1 heterocycles. The van der Waals surface area contributed by atoms with Gasteiger partial charge in [-0.3, -0.25) is 0 Å². The molecule has 0 amide bonds. The monoisotopic (exact) mass is 253 g/mol. The summed E-state index contributed by atoms with van der Waals surface area (Å²) in [6, 6.07) is 2.27. The van der Waals surface area contributed by atoms with E-state index in [2.05, 4.69) is 38.2 Å². The number of ether oxygens (including phenoxy) is 1. The van der Waals surface area contributed by atoms with Gasteiger partial charge in [0.25, 0.3) is 0 Å². The molecule has 96 valence electrons. The van der Waals surface area contributed by atoms with E-state index in [0.29, 0.717) is 0 Å². The Hall–Kier alpha value is -0.640. The normalized spacial score (nSPS) is 12.1. The van der Waals surface area contributed by atoms with E-state index in [1.54, 1.807) is 7.11 Å². The van der Waals surface area contributed by atoms with E-state index < -0.39 is 0 Å². The van der Waals surface area contributed by atoms with Crippen molar-refractivity contribution in [2.24, 2.45) is 0 Å². The van der Waals surface area contributed by atoms with Crippen LogP contribution in [0.1, 0.15) is 28.7 Å². The average molecular weight is 253 g/mol. The van der Waals surface area contributed by atoms with Crippen LogP contribution in [0.15, 0.2) is 11.6 Å². The van der Waals surface area contributed by atoms with Crippen LogP contribution in [0.3, 0.4) is 0 Å². The lowest BCUT2D eigenvalue weighted by molar-refractivity contribution is 0.200. The molecule has 1 N–H and O–H groups in total. The maximum atomic E-state index is 5.02. The van der Waals surface area contributed by atoms with E-state index in [1.807, 2.05) is 11.3 Å². The predicted molar refractivity (Wildman–Crippen MR) is 76.8 cm³/mol. The fourth-order valence-corrected chi connectivity index (χ4v) is 2.62. The van der Waals surface area contributed by atoms with Gasteiger partial charge in [0.05, 0.1) is 6.61 Å². The summed E-state index contributed by atoms with van der Waals surface area (Å²) in [5, 5.41) is 3.39. The third kappa shape index (κ3) is 5.02. The Labute approximate surface area is 109 Å². The second-order valence-corrected chi connectivity index (χ2v) is 5.65. The molecule has 0 fully saturated rings. The molecule has 0 atom stereocenters. The summed E-state index contributed by atoms with van der Waals surface area (Å²) >= 11 is 1.87. The summed E-state index contributed by atoms with van der Waals surface area (Å²) in [5.74, 6) is 0. The van der Waals surface area contributed by atoms with Crippen LogP contribution in [-0.2, 0) is 4.74 Å². The van der Waals surface area contributed by atoms with Gasteiger partial charge < -0.3 is 10.1 Å². The first-order valence-electron chi connectivity index (χ1n) is 6.13. The van der Waals surface area contributed by atoms with Gasteiger partial charge in [-0.2, -0.15) is 0 Å². The topological polar surface area (TPSA) is 21.3 Å². The first kappa shape index (κ1) is 14.4. The molecule has 0 radical (unpaired) electrons. The fraction of sp³-hybridized carbons (Fsp3) is 0.571. The highest BCUT2D eigenvalue weighted by Crippen LogP contribution is 2.23. The van der Waals surface area contributed by atoms with E-state index in [4.69, 9.17) is 4.74 Å². The van der Waals surface area contributed by atoms with Gasteiger partial charge >= 0.3 is 0 Å². The lowest BCUT2D eigenvalue weighted by Crippen LogP contribution is -2.21. The Morgan fingerprint density at radius 3 is 2.76 bits per heavy atom. The predicted octanol–water partition coefficient (Wildman–Crippen LogP) is 3.39. The zero-order valence-electron chi connectivity index (χ0n) is 11.3. The van der Waals surface area contributed by atoms with Crippen molar-refractivity contribution in [1.29, 1.82) is 0 Å². The molecular weight excluding hydrogens is 230 g/mol. The van der Waals surface area contributed by atoms with Gasteiger partial charge in [0.1, 0.15) is 0 Å². The quantitative estimate of drug-likeness (QED) is 0.752. The minimum Gasteiger partial charge on any atom is -0.383 e. The highest BCUT2D eigenvalue weighted by Gasteiger charge is 2.01. The number of aryl methyl sites for hydroxylation is 2. The van der Waals surface area contributed by atoms with E-state index in [-0.39, 0.29) is 0 Å².